The number of aryl methyl sites for hydroxylation is 1. The molecule has 1 aromatic rings. The molecule has 0 spiro atoms. The van der Waals surface area contributed by atoms with Gasteiger partial charge in [-0.3, -0.25) is 0 Å². The van der Waals surface area contributed by atoms with Crippen LogP contribution >= 0.6 is 11.6 Å². The number of halogens is 1. The first-order valence-corrected chi connectivity index (χ1v) is 4.68. The molecule has 1 N–H and O–H groups in total. The van der Waals surface area contributed by atoms with Gasteiger partial charge >= 0.3 is 0 Å². The Morgan fingerprint density at radius 3 is 2.62 bits per heavy atom. The lowest BCUT2D eigenvalue weighted by molar-refractivity contribution is 0.463. The minimum absolute atomic E-state index is 0.354. The van der Waals surface area contributed by atoms with Crippen molar-refractivity contribution < 1.29 is 5.11 Å². The Kier molecular flexibility index (Phi) is 3.38. The first-order valence-electron chi connectivity index (χ1n) is 4.30. The van der Waals surface area contributed by atoms with Crippen molar-refractivity contribution in [1.29, 1.82) is 0 Å². The van der Waals surface area contributed by atoms with E-state index >= 15 is 0 Å². The molecule has 0 aliphatic heterocycles. The van der Waals surface area contributed by atoms with E-state index in [9.17, 15) is 5.11 Å². The van der Waals surface area contributed by atoms with Gasteiger partial charge in [0.15, 0.2) is 0 Å². The Balaban J connectivity index is 3.18. The SMILES string of the molecule is C=CCc1cc(Cl)cc(CC)c1O. The van der Waals surface area contributed by atoms with Crippen LogP contribution in [0.25, 0.3) is 0 Å². The molecular formula is C11H13ClO. The smallest absolute Gasteiger partial charge is 0.122 e. The highest BCUT2D eigenvalue weighted by molar-refractivity contribution is 6.30. The minimum atomic E-state index is 0.354. The maximum atomic E-state index is 9.74. The van der Waals surface area contributed by atoms with E-state index in [1.54, 1.807) is 18.2 Å². The summed E-state index contributed by atoms with van der Waals surface area (Å²) in [6.07, 6.45) is 3.20. The van der Waals surface area contributed by atoms with Crippen molar-refractivity contribution in [3.8, 4) is 5.75 Å². The van der Waals surface area contributed by atoms with Crippen LogP contribution in [0.4, 0.5) is 0 Å². The number of aromatic hydroxyl groups is 1. The fraction of sp³-hybridized carbons (Fsp3) is 0.273. The van der Waals surface area contributed by atoms with Crippen molar-refractivity contribution in [3.05, 3.63) is 40.9 Å². The van der Waals surface area contributed by atoms with Gasteiger partial charge < -0.3 is 5.11 Å². The summed E-state index contributed by atoms with van der Waals surface area (Å²) in [5.41, 5.74) is 1.74. The van der Waals surface area contributed by atoms with Gasteiger partial charge in [-0.1, -0.05) is 24.6 Å². The van der Waals surface area contributed by atoms with Gasteiger partial charge in [0.05, 0.1) is 0 Å². The molecular weight excluding hydrogens is 184 g/mol. The molecule has 0 unspecified atom stereocenters. The van der Waals surface area contributed by atoms with Gasteiger partial charge in [0.2, 0.25) is 0 Å². The number of benzene rings is 1. The lowest BCUT2D eigenvalue weighted by Gasteiger charge is -2.07. The number of allylic oxidation sites excluding steroid dienone is 1. The van der Waals surface area contributed by atoms with E-state index in [-0.39, 0.29) is 0 Å². The molecule has 1 nitrogen and oxygen atoms in total. The molecule has 0 fully saturated rings. The van der Waals surface area contributed by atoms with Crippen LogP contribution in [0.2, 0.25) is 5.02 Å². The third kappa shape index (κ3) is 2.25. The quantitative estimate of drug-likeness (QED) is 0.736. The van der Waals surface area contributed by atoms with Crippen LogP contribution in [0.1, 0.15) is 18.1 Å². The second-order valence-electron chi connectivity index (χ2n) is 2.92. The molecule has 1 rings (SSSR count). The van der Waals surface area contributed by atoms with E-state index in [0.717, 1.165) is 17.5 Å². The predicted octanol–water partition coefficient (Wildman–Crippen LogP) is 3.34. The summed E-state index contributed by atoms with van der Waals surface area (Å²) in [4.78, 5) is 0. The van der Waals surface area contributed by atoms with Gasteiger partial charge in [-0.05, 0) is 36.1 Å². The normalized spacial score (nSPS) is 10.0. The van der Waals surface area contributed by atoms with Gasteiger partial charge in [0.25, 0.3) is 0 Å². The van der Waals surface area contributed by atoms with Crippen LogP contribution in [-0.2, 0) is 12.8 Å². The number of hydrogen-bond acceptors (Lipinski definition) is 1. The van der Waals surface area contributed by atoms with Gasteiger partial charge in [0, 0.05) is 5.02 Å². The van der Waals surface area contributed by atoms with E-state index in [1.165, 1.54) is 0 Å². The molecule has 0 aromatic heterocycles. The first kappa shape index (κ1) is 10.1. The van der Waals surface area contributed by atoms with Gasteiger partial charge in [-0.2, -0.15) is 0 Å². The molecule has 0 radical (unpaired) electrons. The molecule has 0 aliphatic rings. The monoisotopic (exact) mass is 196 g/mol. The second kappa shape index (κ2) is 4.33. The molecule has 0 heterocycles. The lowest BCUT2D eigenvalue weighted by Crippen LogP contribution is -1.89. The topological polar surface area (TPSA) is 20.2 Å². The summed E-state index contributed by atoms with van der Waals surface area (Å²) >= 11 is 5.89. The summed E-state index contributed by atoms with van der Waals surface area (Å²) in [6, 6.07) is 3.57. The lowest BCUT2D eigenvalue weighted by atomic mass is 10.0. The number of phenols is 1. The molecule has 0 aliphatic carbocycles. The van der Waals surface area contributed by atoms with Gasteiger partial charge in [0.1, 0.15) is 5.75 Å². The predicted molar refractivity (Wildman–Crippen MR) is 56.4 cm³/mol. The Bertz CT molecular complexity index is 318. The van der Waals surface area contributed by atoms with Crippen LogP contribution in [0.15, 0.2) is 24.8 Å². The van der Waals surface area contributed by atoms with Crippen molar-refractivity contribution in [2.45, 2.75) is 19.8 Å². The Hall–Kier alpha value is -0.950. The van der Waals surface area contributed by atoms with E-state index in [4.69, 9.17) is 11.6 Å². The molecule has 2 heteroatoms. The van der Waals surface area contributed by atoms with Gasteiger partial charge in [-0.25, -0.2) is 0 Å². The fourth-order valence-corrected chi connectivity index (χ4v) is 1.56. The molecule has 70 valence electrons. The maximum absolute atomic E-state index is 9.74. The van der Waals surface area contributed by atoms with E-state index in [0.29, 0.717) is 17.2 Å². The van der Waals surface area contributed by atoms with Gasteiger partial charge in [-0.15, -0.1) is 6.58 Å². The van der Waals surface area contributed by atoms with Crippen molar-refractivity contribution >= 4 is 11.6 Å². The van der Waals surface area contributed by atoms with Crippen molar-refractivity contribution in [2.24, 2.45) is 0 Å². The van der Waals surface area contributed by atoms with Crippen LogP contribution < -0.4 is 0 Å². The highest BCUT2D eigenvalue weighted by Gasteiger charge is 2.06. The van der Waals surface area contributed by atoms with E-state index in [2.05, 4.69) is 6.58 Å². The molecule has 0 amide bonds. The third-order valence-corrected chi connectivity index (χ3v) is 2.20. The standard InChI is InChI=1S/C11H13ClO/c1-3-5-9-7-10(12)6-8(4-2)11(9)13/h3,6-7,13H,1,4-5H2,2H3. The first-order chi connectivity index (χ1) is 6.19. The molecule has 0 saturated carbocycles. The zero-order chi connectivity index (χ0) is 9.84. The highest BCUT2D eigenvalue weighted by atomic mass is 35.5. The van der Waals surface area contributed by atoms with Crippen molar-refractivity contribution in [3.63, 3.8) is 0 Å². The number of phenolic OH excluding ortho intramolecular Hbond substituents is 1. The molecule has 0 bridgehead atoms. The van der Waals surface area contributed by atoms with E-state index in [1.807, 2.05) is 6.92 Å². The Morgan fingerprint density at radius 2 is 2.08 bits per heavy atom. The summed E-state index contributed by atoms with van der Waals surface area (Å²) < 4.78 is 0. The summed E-state index contributed by atoms with van der Waals surface area (Å²) in [7, 11) is 0. The maximum Gasteiger partial charge on any atom is 0.122 e. The van der Waals surface area contributed by atoms with E-state index < -0.39 is 0 Å². The fourth-order valence-electron chi connectivity index (χ4n) is 1.30. The number of hydrogen-bond donors (Lipinski definition) is 1. The molecule has 0 atom stereocenters. The highest BCUT2D eigenvalue weighted by Crippen LogP contribution is 2.27. The summed E-state index contributed by atoms with van der Waals surface area (Å²) in [6.45, 7) is 5.62. The third-order valence-electron chi connectivity index (χ3n) is 1.98. The van der Waals surface area contributed by atoms with Crippen LogP contribution in [0, 0.1) is 0 Å². The van der Waals surface area contributed by atoms with Crippen molar-refractivity contribution in [2.75, 3.05) is 0 Å². The zero-order valence-corrected chi connectivity index (χ0v) is 8.43. The van der Waals surface area contributed by atoms with Crippen molar-refractivity contribution in [1.82, 2.24) is 0 Å². The van der Waals surface area contributed by atoms with Crippen LogP contribution in [-0.4, -0.2) is 5.11 Å². The minimum Gasteiger partial charge on any atom is -0.507 e. The Labute approximate surface area is 83.7 Å². The average molecular weight is 197 g/mol. The average Bonchev–Trinajstić information content (AvgIpc) is 2.11. The molecule has 1 aromatic carbocycles. The van der Waals surface area contributed by atoms with Crippen LogP contribution in [0.3, 0.4) is 0 Å². The number of rotatable bonds is 3. The second-order valence-corrected chi connectivity index (χ2v) is 3.36. The zero-order valence-electron chi connectivity index (χ0n) is 7.68. The largest absolute Gasteiger partial charge is 0.507 e. The summed E-state index contributed by atoms with van der Waals surface area (Å²) in [5, 5.41) is 10.4. The van der Waals surface area contributed by atoms with Crippen LogP contribution in [0.5, 0.6) is 5.75 Å². The molecule has 13 heavy (non-hydrogen) atoms. The molecule has 0 saturated heterocycles. The Morgan fingerprint density at radius 1 is 1.46 bits per heavy atom. The summed E-state index contributed by atoms with van der Waals surface area (Å²) in [5.74, 6) is 0.354.